The highest BCUT2D eigenvalue weighted by Gasteiger charge is 2.43. The Morgan fingerprint density at radius 3 is 2.65 bits per heavy atom. The van der Waals surface area contributed by atoms with Gasteiger partial charge in [0, 0.05) is 6.20 Å². The summed E-state index contributed by atoms with van der Waals surface area (Å²) in [5.74, 6) is 0. The first-order chi connectivity index (χ1) is 9.49. The molecule has 2 heterocycles. The van der Waals surface area contributed by atoms with Gasteiger partial charge in [0.1, 0.15) is 18.3 Å². The van der Waals surface area contributed by atoms with E-state index in [0.717, 1.165) is 16.8 Å². The van der Waals surface area contributed by atoms with Crippen molar-refractivity contribution < 1.29 is 24.4 Å². The van der Waals surface area contributed by atoms with Crippen LogP contribution in [0.1, 0.15) is 11.8 Å². The molecule has 0 aromatic carbocycles. The van der Waals surface area contributed by atoms with Gasteiger partial charge in [0.05, 0.1) is 18.5 Å². The van der Waals surface area contributed by atoms with Crippen molar-refractivity contribution in [3.8, 4) is 0 Å². The van der Waals surface area contributed by atoms with Gasteiger partial charge >= 0.3 is 5.69 Å². The number of hydrogen-bond donors (Lipinski definition) is 4. The van der Waals surface area contributed by atoms with E-state index >= 15 is 0 Å². The van der Waals surface area contributed by atoms with Gasteiger partial charge in [0.25, 0.3) is 5.56 Å². The third kappa shape index (κ3) is 2.43. The third-order valence-corrected chi connectivity index (χ3v) is 3.03. The summed E-state index contributed by atoms with van der Waals surface area (Å²) in [6.45, 7) is -0.552. The van der Waals surface area contributed by atoms with Crippen molar-refractivity contribution in [3.63, 3.8) is 0 Å². The maximum absolute atomic E-state index is 12.1. The highest BCUT2D eigenvalue weighted by molar-refractivity contribution is 5.44. The van der Waals surface area contributed by atoms with Crippen LogP contribution in [-0.2, 0) is 4.74 Å². The lowest BCUT2D eigenvalue weighted by Crippen LogP contribution is -2.38. The van der Waals surface area contributed by atoms with Crippen LogP contribution in [0.25, 0.3) is 6.08 Å². The largest absolute Gasteiger partial charge is 0.394 e. The molecule has 110 valence electrons. The van der Waals surface area contributed by atoms with E-state index in [1.54, 1.807) is 0 Å². The Bertz CT molecular complexity index is 624. The summed E-state index contributed by atoms with van der Waals surface area (Å²) >= 11 is 0. The molecule has 20 heavy (non-hydrogen) atoms. The fourth-order valence-electron chi connectivity index (χ4n) is 1.99. The molecule has 0 aliphatic carbocycles. The van der Waals surface area contributed by atoms with Crippen molar-refractivity contribution in [1.82, 2.24) is 9.55 Å². The molecule has 0 unspecified atom stereocenters. The summed E-state index contributed by atoms with van der Waals surface area (Å²) in [5, 5.41) is 28.4. The number of aliphatic hydroxyl groups excluding tert-OH is 3. The predicted octanol–water partition coefficient (Wildman–Crippen LogP) is -1.91. The van der Waals surface area contributed by atoms with Crippen LogP contribution in [0.4, 0.5) is 4.39 Å². The second kappa shape index (κ2) is 5.67. The van der Waals surface area contributed by atoms with Gasteiger partial charge in [-0.25, -0.2) is 9.18 Å². The van der Waals surface area contributed by atoms with Gasteiger partial charge in [-0.2, -0.15) is 0 Å². The number of nitrogens with one attached hydrogen (secondary N) is 1. The summed E-state index contributed by atoms with van der Waals surface area (Å²) in [7, 11) is 0. The minimum absolute atomic E-state index is 0.122. The number of ether oxygens (including phenoxy) is 1. The molecule has 1 saturated heterocycles. The van der Waals surface area contributed by atoms with Crippen LogP contribution in [0.5, 0.6) is 0 Å². The fourth-order valence-corrected chi connectivity index (χ4v) is 1.99. The van der Waals surface area contributed by atoms with Crippen LogP contribution in [-0.4, -0.2) is 49.8 Å². The summed E-state index contributed by atoms with van der Waals surface area (Å²) in [5.41, 5.74) is -1.85. The zero-order chi connectivity index (χ0) is 14.9. The van der Waals surface area contributed by atoms with Crippen LogP contribution in [0, 0.1) is 0 Å². The Morgan fingerprint density at radius 1 is 1.40 bits per heavy atom. The molecule has 4 N–H and O–H groups in total. The normalized spacial score (nSPS) is 30.2. The minimum atomic E-state index is -1.47. The first kappa shape index (κ1) is 14.6. The predicted molar refractivity (Wildman–Crippen MR) is 64.5 cm³/mol. The van der Waals surface area contributed by atoms with E-state index in [1.165, 1.54) is 0 Å². The number of H-pyrrole nitrogens is 1. The van der Waals surface area contributed by atoms with Gasteiger partial charge in [-0.05, 0) is 6.08 Å². The van der Waals surface area contributed by atoms with Crippen LogP contribution in [0.15, 0.2) is 22.1 Å². The van der Waals surface area contributed by atoms with E-state index in [0.29, 0.717) is 0 Å². The average molecular weight is 288 g/mol. The van der Waals surface area contributed by atoms with Gasteiger partial charge < -0.3 is 20.1 Å². The average Bonchev–Trinajstić information content (AvgIpc) is 2.70. The number of aromatic nitrogens is 2. The van der Waals surface area contributed by atoms with Crippen molar-refractivity contribution in [2.45, 2.75) is 24.5 Å². The van der Waals surface area contributed by atoms with Crippen molar-refractivity contribution in [3.05, 3.63) is 38.9 Å². The van der Waals surface area contributed by atoms with Crippen molar-refractivity contribution >= 4 is 6.08 Å². The van der Waals surface area contributed by atoms with E-state index in [9.17, 15) is 24.2 Å². The van der Waals surface area contributed by atoms with E-state index in [4.69, 9.17) is 9.84 Å². The zero-order valence-electron chi connectivity index (χ0n) is 10.1. The molecule has 1 aromatic rings. The second-order valence-electron chi connectivity index (χ2n) is 4.27. The number of aromatic amines is 1. The number of rotatable bonds is 3. The molecule has 2 rings (SSSR count). The minimum Gasteiger partial charge on any atom is -0.394 e. The molecule has 0 spiro atoms. The molecular weight excluding hydrogens is 275 g/mol. The standard InChI is InChI=1S/C11H13FN2O6/c12-2-1-5-3-14(11(19)13-9(5)18)10-8(17)7(16)6(4-15)20-10/h1-3,6-8,10,15-17H,4H2,(H,13,18,19)/b2-1-/t6-,7-,8-,10-/m1/s1. The molecule has 0 amide bonds. The molecule has 1 fully saturated rings. The molecule has 8 nitrogen and oxygen atoms in total. The summed E-state index contributed by atoms with van der Waals surface area (Å²) < 4.78 is 18.1. The highest BCUT2D eigenvalue weighted by Crippen LogP contribution is 2.27. The van der Waals surface area contributed by atoms with Crippen LogP contribution in [0.3, 0.4) is 0 Å². The quantitative estimate of drug-likeness (QED) is 0.514. The number of aliphatic hydroxyl groups is 3. The van der Waals surface area contributed by atoms with E-state index < -0.39 is 42.4 Å². The third-order valence-electron chi connectivity index (χ3n) is 3.03. The molecule has 9 heteroatoms. The molecule has 4 atom stereocenters. The number of halogens is 1. The van der Waals surface area contributed by atoms with Crippen LogP contribution in [0.2, 0.25) is 0 Å². The van der Waals surface area contributed by atoms with Crippen molar-refractivity contribution in [2.75, 3.05) is 6.61 Å². The Balaban J connectivity index is 2.46. The lowest BCUT2D eigenvalue weighted by molar-refractivity contribution is -0.0550. The monoisotopic (exact) mass is 288 g/mol. The number of nitrogens with zero attached hydrogens (tertiary/aromatic N) is 1. The van der Waals surface area contributed by atoms with Crippen molar-refractivity contribution in [1.29, 1.82) is 0 Å². The Hall–Kier alpha value is -1.81. The molecule has 1 aliphatic heterocycles. The first-order valence-corrected chi connectivity index (χ1v) is 5.74. The molecule has 0 saturated carbocycles. The van der Waals surface area contributed by atoms with E-state index in [-0.39, 0.29) is 11.9 Å². The van der Waals surface area contributed by atoms with Gasteiger partial charge in [-0.15, -0.1) is 0 Å². The van der Waals surface area contributed by atoms with E-state index in [1.807, 2.05) is 4.98 Å². The van der Waals surface area contributed by atoms with Crippen LogP contribution < -0.4 is 11.2 Å². The van der Waals surface area contributed by atoms with Gasteiger partial charge in [0.2, 0.25) is 0 Å². The maximum atomic E-state index is 12.1. The second-order valence-corrected chi connectivity index (χ2v) is 4.27. The highest BCUT2D eigenvalue weighted by atomic mass is 19.1. The fraction of sp³-hybridized carbons (Fsp3) is 0.455. The Labute approximate surface area is 111 Å². The van der Waals surface area contributed by atoms with Gasteiger partial charge in [-0.1, -0.05) is 0 Å². The molecule has 0 bridgehead atoms. The summed E-state index contributed by atoms with van der Waals surface area (Å²) in [6, 6.07) is 0. The molecular formula is C11H13FN2O6. The van der Waals surface area contributed by atoms with Gasteiger partial charge in [-0.3, -0.25) is 14.3 Å². The Morgan fingerprint density at radius 2 is 2.10 bits per heavy atom. The molecule has 1 aromatic heterocycles. The molecule has 1 aliphatic rings. The maximum Gasteiger partial charge on any atom is 0.330 e. The lowest BCUT2D eigenvalue weighted by atomic mass is 10.1. The molecule has 0 radical (unpaired) electrons. The summed E-state index contributed by atoms with van der Waals surface area (Å²) in [6.07, 6.45) is -3.26. The smallest absolute Gasteiger partial charge is 0.330 e. The summed E-state index contributed by atoms with van der Waals surface area (Å²) in [4.78, 5) is 25.0. The lowest BCUT2D eigenvalue weighted by Gasteiger charge is -2.17. The Kier molecular flexibility index (Phi) is 4.14. The van der Waals surface area contributed by atoms with Crippen LogP contribution >= 0.6 is 0 Å². The SMILES string of the molecule is O=c1[nH]c(=O)n([C@@H]2O[C@H](CO)[C@@H](O)[C@H]2O)cc1/C=C\F. The zero-order valence-corrected chi connectivity index (χ0v) is 10.1. The van der Waals surface area contributed by atoms with Crippen molar-refractivity contribution in [2.24, 2.45) is 0 Å². The first-order valence-electron chi connectivity index (χ1n) is 5.74. The van der Waals surface area contributed by atoms with Gasteiger partial charge in [0.15, 0.2) is 6.23 Å². The topological polar surface area (TPSA) is 125 Å². The van der Waals surface area contributed by atoms with E-state index in [2.05, 4.69) is 0 Å². The number of hydrogen-bond acceptors (Lipinski definition) is 6.